The summed E-state index contributed by atoms with van der Waals surface area (Å²) in [6.45, 7) is 4.65. The highest BCUT2D eigenvalue weighted by Gasteiger charge is 2.02. The van der Waals surface area contributed by atoms with E-state index in [-0.39, 0.29) is 0 Å². The molecule has 1 heterocycles. The number of ether oxygens (including phenoxy) is 1. The minimum Gasteiger partial charge on any atom is -0.487 e. The second kappa shape index (κ2) is 5.32. The van der Waals surface area contributed by atoms with Crippen LogP contribution in [0.15, 0.2) is 41.0 Å². The first-order chi connectivity index (χ1) is 8.16. The van der Waals surface area contributed by atoms with E-state index >= 15 is 0 Å². The van der Waals surface area contributed by atoms with Gasteiger partial charge in [0.25, 0.3) is 0 Å². The maximum Gasteiger partial charge on any atom is 0.130 e. The summed E-state index contributed by atoms with van der Waals surface area (Å²) in [6, 6.07) is 10.00. The zero-order valence-corrected chi connectivity index (χ0v) is 11.5. The summed E-state index contributed by atoms with van der Waals surface area (Å²) in [7, 11) is 0. The van der Waals surface area contributed by atoms with E-state index < -0.39 is 0 Å². The van der Waals surface area contributed by atoms with Gasteiger partial charge in [0.15, 0.2) is 0 Å². The number of hydrogen-bond acceptors (Lipinski definition) is 2. The van der Waals surface area contributed by atoms with Crippen LogP contribution in [0.3, 0.4) is 0 Å². The van der Waals surface area contributed by atoms with Crippen LogP contribution in [0.25, 0.3) is 0 Å². The molecule has 2 aromatic rings. The van der Waals surface area contributed by atoms with Crippen molar-refractivity contribution in [1.82, 2.24) is 4.98 Å². The topological polar surface area (TPSA) is 22.1 Å². The first-order valence-corrected chi connectivity index (χ1v) is 6.25. The molecule has 0 aliphatic carbocycles. The van der Waals surface area contributed by atoms with E-state index in [0.717, 1.165) is 15.9 Å². The third kappa shape index (κ3) is 3.07. The lowest BCUT2D eigenvalue weighted by Crippen LogP contribution is -1.99. The summed E-state index contributed by atoms with van der Waals surface area (Å²) in [6.07, 6.45) is 1.78. The number of pyridine rings is 1. The van der Waals surface area contributed by atoms with E-state index in [1.807, 2.05) is 24.3 Å². The molecule has 0 aliphatic heterocycles. The van der Waals surface area contributed by atoms with Crippen LogP contribution in [0, 0.1) is 13.8 Å². The zero-order chi connectivity index (χ0) is 12.3. The van der Waals surface area contributed by atoms with Gasteiger partial charge in [-0.1, -0.05) is 12.1 Å². The Labute approximate surface area is 110 Å². The number of rotatable bonds is 3. The van der Waals surface area contributed by atoms with Gasteiger partial charge in [-0.2, -0.15) is 0 Å². The highest BCUT2D eigenvalue weighted by atomic mass is 79.9. The number of aryl methyl sites for hydroxylation is 1. The van der Waals surface area contributed by atoms with Gasteiger partial charge in [-0.05, 0) is 59.1 Å². The molecular weight excluding hydrogens is 278 g/mol. The number of benzene rings is 1. The molecule has 2 rings (SSSR count). The fourth-order valence-electron chi connectivity index (χ4n) is 1.52. The van der Waals surface area contributed by atoms with Crippen molar-refractivity contribution in [2.24, 2.45) is 0 Å². The van der Waals surface area contributed by atoms with Crippen LogP contribution < -0.4 is 4.74 Å². The lowest BCUT2D eigenvalue weighted by atomic mass is 10.1. The molecule has 1 aromatic heterocycles. The lowest BCUT2D eigenvalue weighted by molar-refractivity contribution is 0.299. The average Bonchev–Trinajstić information content (AvgIpc) is 2.33. The molecule has 0 amide bonds. The Balaban J connectivity index is 2.07. The van der Waals surface area contributed by atoms with Crippen molar-refractivity contribution in [3.63, 3.8) is 0 Å². The molecule has 0 N–H and O–H groups in total. The van der Waals surface area contributed by atoms with E-state index in [1.165, 1.54) is 11.1 Å². The van der Waals surface area contributed by atoms with Gasteiger partial charge in [0.2, 0.25) is 0 Å². The van der Waals surface area contributed by atoms with Gasteiger partial charge in [-0.25, -0.2) is 0 Å². The summed E-state index contributed by atoms with van der Waals surface area (Å²) in [5.74, 6) is 0.926. The molecule has 0 atom stereocenters. The van der Waals surface area contributed by atoms with E-state index in [2.05, 4.69) is 40.8 Å². The van der Waals surface area contributed by atoms with E-state index in [1.54, 1.807) is 6.20 Å². The van der Waals surface area contributed by atoms with Crippen LogP contribution in [0.4, 0.5) is 0 Å². The van der Waals surface area contributed by atoms with Crippen LogP contribution in [0.1, 0.15) is 16.8 Å². The minimum atomic E-state index is 0.498. The smallest absolute Gasteiger partial charge is 0.130 e. The minimum absolute atomic E-state index is 0.498. The number of halogens is 1. The maximum atomic E-state index is 5.77. The first-order valence-electron chi connectivity index (χ1n) is 5.46. The summed E-state index contributed by atoms with van der Waals surface area (Å²) in [5, 5.41) is 0. The van der Waals surface area contributed by atoms with Gasteiger partial charge >= 0.3 is 0 Å². The van der Waals surface area contributed by atoms with Gasteiger partial charge in [0.1, 0.15) is 12.4 Å². The Bertz CT molecular complexity index is 508. The van der Waals surface area contributed by atoms with Crippen molar-refractivity contribution in [1.29, 1.82) is 0 Å². The van der Waals surface area contributed by atoms with Gasteiger partial charge in [-0.15, -0.1) is 0 Å². The van der Waals surface area contributed by atoms with Crippen molar-refractivity contribution >= 4 is 15.9 Å². The van der Waals surface area contributed by atoms with Crippen LogP contribution in [0.5, 0.6) is 5.75 Å². The quantitative estimate of drug-likeness (QED) is 0.851. The molecule has 0 saturated heterocycles. The average molecular weight is 292 g/mol. The highest BCUT2D eigenvalue weighted by Crippen LogP contribution is 2.21. The number of hydrogen-bond donors (Lipinski definition) is 0. The van der Waals surface area contributed by atoms with Gasteiger partial charge < -0.3 is 4.74 Å². The largest absolute Gasteiger partial charge is 0.487 e. The van der Waals surface area contributed by atoms with Crippen molar-refractivity contribution in [3.05, 3.63) is 57.8 Å². The van der Waals surface area contributed by atoms with Crippen LogP contribution in [-0.2, 0) is 6.61 Å². The third-order valence-corrected chi connectivity index (χ3v) is 3.19. The molecule has 0 radical (unpaired) electrons. The fraction of sp³-hybridized carbons (Fsp3) is 0.214. The Hall–Kier alpha value is -1.35. The summed E-state index contributed by atoms with van der Waals surface area (Å²) in [5.41, 5.74) is 3.35. The van der Waals surface area contributed by atoms with E-state index in [4.69, 9.17) is 4.74 Å². The first kappa shape index (κ1) is 12.1. The van der Waals surface area contributed by atoms with Gasteiger partial charge in [0.05, 0.1) is 5.69 Å². The zero-order valence-electron chi connectivity index (χ0n) is 9.90. The van der Waals surface area contributed by atoms with Crippen LogP contribution in [-0.4, -0.2) is 4.98 Å². The third-order valence-electron chi connectivity index (χ3n) is 2.72. The van der Waals surface area contributed by atoms with Gasteiger partial charge in [0, 0.05) is 10.7 Å². The fourth-order valence-corrected chi connectivity index (χ4v) is 1.76. The molecule has 0 bridgehead atoms. The van der Waals surface area contributed by atoms with Crippen LogP contribution in [0.2, 0.25) is 0 Å². The Morgan fingerprint density at radius 3 is 2.71 bits per heavy atom. The second-order valence-electron chi connectivity index (χ2n) is 3.95. The van der Waals surface area contributed by atoms with Crippen molar-refractivity contribution in [2.75, 3.05) is 0 Å². The molecule has 17 heavy (non-hydrogen) atoms. The normalized spacial score (nSPS) is 10.3. The molecule has 3 heteroatoms. The van der Waals surface area contributed by atoms with Crippen molar-refractivity contribution in [2.45, 2.75) is 20.5 Å². The molecule has 2 nitrogen and oxygen atoms in total. The molecule has 88 valence electrons. The molecular formula is C14H14BrNO. The standard InChI is InChI=1S/C14H14BrNO/c1-10-4-3-5-14(11(10)2)17-9-13-7-6-12(15)8-16-13/h3-8H,9H2,1-2H3. The summed E-state index contributed by atoms with van der Waals surface area (Å²) < 4.78 is 6.75. The number of aromatic nitrogens is 1. The Morgan fingerprint density at radius 1 is 1.18 bits per heavy atom. The van der Waals surface area contributed by atoms with Crippen molar-refractivity contribution in [3.8, 4) is 5.75 Å². The molecule has 0 aliphatic rings. The predicted octanol–water partition coefficient (Wildman–Crippen LogP) is 4.04. The molecule has 0 fully saturated rings. The van der Waals surface area contributed by atoms with Gasteiger partial charge in [-0.3, -0.25) is 4.98 Å². The monoisotopic (exact) mass is 291 g/mol. The lowest BCUT2D eigenvalue weighted by Gasteiger charge is -2.10. The molecule has 0 saturated carbocycles. The molecule has 0 unspecified atom stereocenters. The number of nitrogens with zero attached hydrogens (tertiary/aromatic N) is 1. The summed E-state index contributed by atoms with van der Waals surface area (Å²) >= 11 is 3.36. The highest BCUT2D eigenvalue weighted by molar-refractivity contribution is 9.10. The van der Waals surface area contributed by atoms with Crippen molar-refractivity contribution < 1.29 is 4.74 Å². The van der Waals surface area contributed by atoms with E-state index in [9.17, 15) is 0 Å². The maximum absolute atomic E-state index is 5.77. The SMILES string of the molecule is Cc1cccc(OCc2ccc(Br)cn2)c1C. The van der Waals surface area contributed by atoms with E-state index in [0.29, 0.717) is 6.61 Å². The Kier molecular flexibility index (Phi) is 3.79. The van der Waals surface area contributed by atoms with Crippen LogP contribution >= 0.6 is 15.9 Å². The predicted molar refractivity (Wildman–Crippen MR) is 72.2 cm³/mol. The summed E-state index contributed by atoms with van der Waals surface area (Å²) in [4.78, 5) is 4.27. The Morgan fingerprint density at radius 2 is 2.00 bits per heavy atom. The molecule has 0 spiro atoms. The second-order valence-corrected chi connectivity index (χ2v) is 4.87. The molecule has 1 aromatic carbocycles.